The van der Waals surface area contributed by atoms with E-state index in [1.54, 1.807) is 30.3 Å². The number of guanidine groups is 1. The van der Waals surface area contributed by atoms with E-state index >= 15 is 0 Å². The van der Waals surface area contributed by atoms with Crippen LogP contribution in [0.15, 0.2) is 35.3 Å². The molecule has 0 aliphatic rings. The summed E-state index contributed by atoms with van der Waals surface area (Å²) >= 11 is 0. The maximum atomic E-state index is 13.7. The third-order valence-corrected chi connectivity index (χ3v) is 8.26. The van der Waals surface area contributed by atoms with Gasteiger partial charge in [-0.3, -0.25) is 29.0 Å². The highest BCUT2D eigenvalue weighted by Crippen LogP contribution is 2.08. The van der Waals surface area contributed by atoms with Gasteiger partial charge in [-0.1, -0.05) is 30.3 Å². The number of carboxylic acids is 4. The van der Waals surface area contributed by atoms with Gasteiger partial charge in [0.25, 0.3) is 0 Å². The van der Waals surface area contributed by atoms with Gasteiger partial charge < -0.3 is 69.5 Å². The Bertz CT molecular complexity index is 1590. The van der Waals surface area contributed by atoms with Gasteiger partial charge in [0.2, 0.25) is 23.6 Å². The van der Waals surface area contributed by atoms with Crippen LogP contribution in [0.25, 0.3) is 0 Å². The highest BCUT2D eigenvalue weighted by Gasteiger charge is 2.30. The fourth-order valence-electron chi connectivity index (χ4n) is 5.21. The Balaban J connectivity index is 2.94. The van der Waals surface area contributed by atoms with Gasteiger partial charge in [-0.2, -0.15) is 0 Å². The van der Waals surface area contributed by atoms with Gasteiger partial charge in [-0.25, -0.2) is 19.2 Å². The van der Waals surface area contributed by atoms with Gasteiger partial charge in [0.05, 0.1) is 0 Å². The minimum Gasteiger partial charge on any atom is -0.481 e. The molecule has 0 fully saturated rings. The van der Waals surface area contributed by atoms with E-state index in [4.69, 9.17) is 22.3 Å². The lowest BCUT2D eigenvalue weighted by atomic mass is 10.0. The largest absolute Gasteiger partial charge is 0.481 e. The van der Waals surface area contributed by atoms with Gasteiger partial charge in [0.15, 0.2) is 5.96 Å². The highest BCUT2D eigenvalue weighted by atomic mass is 16.4. The number of carboxylic acid groups (broad SMARTS) is 4. The van der Waals surface area contributed by atoms with E-state index in [-0.39, 0.29) is 51.2 Å². The number of aliphatic carboxylic acids is 4. The van der Waals surface area contributed by atoms with Crippen LogP contribution >= 0.6 is 0 Å². The number of unbranched alkanes of at least 4 members (excludes halogenated alkanes) is 1. The molecule has 0 aliphatic carbocycles. The molecular formula is C35H54N10O13. The molecule has 58 heavy (non-hydrogen) atoms. The van der Waals surface area contributed by atoms with Crippen LogP contribution in [0.1, 0.15) is 69.8 Å². The minimum absolute atomic E-state index is 0.000100. The van der Waals surface area contributed by atoms with E-state index in [9.17, 15) is 58.5 Å². The average Bonchev–Trinajstić information content (AvgIpc) is 3.15. The molecule has 0 saturated heterocycles. The van der Waals surface area contributed by atoms with E-state index < -0.39 is 109 Å². The molecule has 2 unspecified atom stereocenters. The summed E-state index contributed by atoms with van der Waals surface area (Å²) in [7, 11) is 0. The van der Waals surface area contributed by atoms with Crippen LogP contribution in [0.2, 0.25) is 0 Å². The monoisotopic (exact) mass is 822 g/mol. The Kier molecular flexibility index (Phi) is 23.2. The molecular weight excluding hydrogens is 768 g/mol. The summed E-state index contributed by atoms with van der Waals surface area (Å²) in [4.78, 5) is 114. The fourth-order valence-corrected chi connectivity index (χ4v) is 5.21. The summed E-state index contributed by atoms with van der Waals surface area (Å²) in [6, 6.07) is 0.368. The Morgan fingerprint density at radius 3 is 1.67 bits per heavy atom. The van der Waals surface area contributed by atoms with Crippen molar-refractivity contribution in [1.82, 2.24) is 31.9 Å². The van der Waals surface area contributed by atoms with Crippen LogP contribution < -0.4 is 49.1 Å². The molecule has 0 bridgehead atoms. The van der Waals surface area contributed by atoms with Gasteiger partial charge in [0, 0.05) is 38.8 Å². The van der Waals surface area contributed by atoms with Crippen LogP contribution in [0.4, 0.5) is 4.79 Å². The number of benzene rings is 1. The van der Waals surface area contributed by atoms with Gasteiger partial charge >= 0.3 is 29.9 Å². The van der Waals surface area contributed by atoms with Gasteiger partial charge in [-0.15, -0.1) is 0 Å². The summed E-state index contributed by atoms with van der Waals surface area (Å²) in [5, 5.41) is 51.2. The zero-order valence-electron chi connectivity index (χ0n) is 31.8. The molecule has 0 spiro atoms. The number of rotatable bonds is 29. The van der Waals surface area contributed by atoms with Crippen molar-refractivity contribution in [3.63, 3.8) is 0 Å². The maximum absolute atomic E-state index is 13.7. The molecule has 0 heterocycles. The molecule has 0 aromatic heterocycles. The maximum Gasteiger partial charge on any atom is 0.326 e. The van der Waals surface area contributed by atoms with Crippen molar-refractivity contribution in [2.75, 3.05) is 19.6 Å². The van der Waals surface area contributed by atoms with Crippen molar-refractivity contribution in [2.24, 2.45) is 22.2 Å². The number of nitrogens with two attached hydrogens (primary N) is 3. The van der Waals surface area contributed by atoms with Gasteiger partial charge in [-0.05, 0) is 57.1 Å². The smallest absolute Gasteiger partial charge is 0.326 e. The lowest BCUT2D eigenvalue weighted by Gasteiger charge is -2.25. The van der Waals surface area contributed by atoms with Crippen LogP contribution in [-0.4, -0.2) is 130 Å². The zero-order chi connectivity index (χ0) is 43.6. The normalized spacial score (nSPS) is 13.2. The molecule has 0 aliphatic heterocycles. The van der Waals surface area contributed by atoms with Crippen molar-refractivity contribution in [3.05, 3.63) is 35.9 Å². The van der Waals surface area contributed by atoms with Crippen molar-refractivity contribution in [1.29, 1.82) is 0 Å². The second-order valence-corrected chi connectivity index (χ2v) is 13.0. The summed E-state index contributed by atoms with van der Waals surface area (Å²) in [5.41, 5.74) is 16.9. The first-order valence-electron chi connectivity index (χ1n) is 18.4. The standard InChI is InChI=1S/C35H54N10O13/c36-16-5-4-9-22(31(52)53)43-29(50)21(10-6-17-40-34(37)38)42-30(51)25(19-20-7-2-1-3-8-20)41-27(47)15-18-39-26(46)13-11-23(32(54)55)44-35(58)45-24(33(56)57)12-14-28(48)49/h1-3,7-8,21-25H,4-6,9-19,36H2,(H,39,46)(H,41,47)(H,42,51)(H,43,50)(H,48,49)(H,52,53)(H,54,55)(H,56,57)(H4,37,38,40)(H2,44,45,58)/t21-,22-,23?,24?,25-/m0/s1. The molecule has 23 nitrogen and oxygen atoms in total. The quantitative estimate of drug-likeness (QED) is 0.0222. The molecule has 1 aromatic rings. The van der Waals surface area contributed by atoms with E-state index in [1.165, 1.54) is 0 Å². The number of nitrogens with one attached hydrogen (secondary N) is 6. The number of hydrogen-bond donors (Lipinski definition) is 13. The van der Waals surface area contributed by atoms with Crippen LogP contribution in [0.5, 0.6) is 0 Å². The molecule has 322 valence electrons. The lowest BCUT2D eigenvalue weighted by molar-refractivity contribution is -0.143. The third-order valence-electron chi connectivity index (χ3n) is 8.26. The molecule has 23 heteroatoms. The van der Waals surface area contributed by atoms with Crippen LogP contribution in [0.3, 0.4) is 0 Å². The second kappa shape index (κ2) is 27.1. The number of carbonyl (C=O) groups is 9. The molecule has 6 amide bonds. The van der Waals surface area contributed by atoms with Gasteiger partial charge in [0.1, 0.15) is 30.2 Å². The topological polar surface area (TPSA) is 397 Å². The number of urea groups is 1. The first-order chi connectivity index (χ1) is 27.4. The lowest BCUT2D eigenvalue weighted by Crippen LogP contribution is -2.56. The Hall–Kier alpha value is -6.52. The molecule has 16 N–H and O–H groups in total. The van der Waals surface area contributed by atoms with Crippen LogP contribution in [-0.2, 0) is 44.8 Å². The van der Waals surface area contributed by atoms with Crippen molar-refractivity contribution in [3.8, 4) is 0 Å². The first kappa shape index (κ1) is 49.5. The summed E-state index contributed by atoms with van der Waals surface area (Å²) in [5.74, 6) is -8.81. The molecule has 0 radical (unpaired) electrons. The average molecular weight is 823 g/mol. The number of hydrogen-bond acceptors (Lipinski definition) is 11. The number of amides is 6. The molecule has 0 saturated carbocycles. The third kappa shape index (κ3) is 21.5. The predicted molar refractivity (Wildman–Crippen MR) is 205 cm³/mol. The molecule has 5 atom stereocenters. The first-order valence-corrected chi connectivity index (χ1v) is 18.4. The minimum atomic E-state index is -1.64. The van der Waals surface area contributed by atoms with Crippen molar-refractivity contribution >= 4 is 59.5 Å². The zero-order valence-corrected chi connectivity index (χ0v) is 31.8. The molecule has 1 rings (SSSR count). The predicted octanol–water partition coefficient (Wildman–Crippen LogP) is -2.69. The van der Waals surface area contributed by atoms with Crippen molar-refractivity contribution in [2.45, 2.75) is 101 Å². The van der Waals surface area contributed by atoms with E-state index in [0.717, 1.165) is 0 Å². The van der Waals surface area contributed by atoms with E-state index in [1.807, 2.05) is 10.6 Å². The SMILES string of the molecule is NCCCC[C@H](NC(=O)[C@H](CCCN=C(N)N)NC(=O)[C@H](Cc1ccccc1)NC(=O)CCNC(=O)CCC(NC(=O)NC(CCC(=O)O)C(=O)O)C(=O)O)C(=O)O. The number of nitrogens with zero attached hydrogens (tertiary/aromatic N) is 1. The number of aliphatic imine (C=N–C) groups is 1. The van der Waals surface area contributed by atoms with Crippen molar-refractivity contribution < 1.29 is 63.6 Å². The Morgan fingerprint density at radius 2 is 1.12 bits per heavy atom. The summed E-state index contributed by atoms with van der Waals surface area (Å²) < 4.78 is 0. The highest BCUT2D eigenvalue weighted by molar-refractivity contribution is 5.94. The Morgan fingerprint density at radius 1 is 0.586 bits per heavy atom. The summed E-state index contributed by atoms with van der Waals surface area (Å²) in [6.45, 7) is 0.177. The number of carbonyl (C=O) groups excluding carboxylic acids is 5. The van der Waals surface area contributed by atoms with E-state index in [0.29, 0.717) is 24.9 Å². The molecule has 1 aromatic carbocycles. The second-order valence-electron chi connectivity index (χ2n) is 13.0. The Labute approximate surface area is 333 Å². The van der Waals surface area contributed by atoms with E-state index in [2.05, 4.69) is 26.3 Å². The fraction of sp³-hybridized carbons (Fsp3) is 0.543. The van der Waals surface area contributed by atoms with Crippen LogP contribution in [0, 0.1) is 0 Å². The summed E-state index contributed by atoms with van der Waals surface area (Å²) in [6.07, 6.45) is -1.01.